The van der Waals surface area contributed by atoms with E-state index >= 15 is 0 Å². The van der Waals surface area contributed by atoms with E-state index in [9.17, 15) is 13.5 Å². The number of sulfonamides is 1. The second kappa shape index (κ2) is 2.92. The van der Waals surface area contributed by atoms with Crippen molar-refractivity contribution in [3.8, 4) is 5.75 Å². The number of nitrogen functional groups attached to an aromatic ring is 1. The molecule has 7 heteroatoms. The maximum absolute atomic E-state index is 11.1. The largest absolute Gasteiger partial charge is 0.504 e. The average Bonchev–Trinajstić information content (AvgIpc) is 2.33. The first-order valence-corrected chi connectivity index (χ1v) is 5.35. The zero-order valence-corrected chi connectivity index (χ0v) is 7.87. The third kappa shape index (κ3) is 1.38. The molecule has 0 unspecified atom stereocenters. The molecule has 1 aromatic rings. The Morgan fingerprint density at radius 2 is 2.25 bits per heavy atom. The SMILES string of the molecule is CNS(=O)(=O)c1scc(N)c1O. The molecule has 0 fully saturated rings. The Labute approximate surface area is 73.9 Å². The lowest BCUT2D eigenvalue weighted by Gasteiger charge is -1.98. The highest BCUT2D eigenvalue weighted by molar-refractivity contribution is 7.91. The zero-order chi connectivity index (χ0) is 9.35. The van der Waals surface area contributed by atoms with Gasteiger partial charge >= 0.3 is 0 Å². The molecule has 0 radical (unpaired) electrons. The number of nitrogens with two attached hydrogens (primary N) is 1. The fourth-order valence-electron chi connectivity index (χ4n) is 0.630. The van der Waals surface area contributed by atoms with Crippen LogP contribution >= 0.6 is 11.3 Å². The molecule has 1 rings (SSSR count). The fourth-order valence-corrected chi connectivity index (χ4v) is 2.66. The van der Waals surface area contributed by atoms with Crippen molar-refractivity contribution in [1.82, 2.24) is 4.72 Å². The van der Waals surface area contributed by atoms with E-state index in [1.54, 1.807) is 0 Å². The Bertz CT molecular complexity index is 381. The van der Waals surface area contributed by atoms with E-state index < -0.39 is 10.0 Å². The number of anilines is 1. The molecule has 12 heavy (non-hydrogen) atoms. The van der Waals surface area contributed by atoms with Crippen LogP contribution in [-0.2, 0) is 10.0 Å². The van der Waals surface area contributed by atoms with E-state index in [0.29, 0.717) is 0 Å². The smallest absolute Gasteiger partial charge is 0.253 e. The lowest BCUT2D eigenvalue weighted by Crippen LogP contribution is -2.17. The average molecular weight is 208 g/mol. The van der Waals surface area contributed by atoms with Crippen LogP contribution < -0.4 is 10.5 Å². The van der Waals surface area contributed by atoms with Crippen molar-refractivity contribution in [3.63, 3.8) is 0 Å². The number of rotatable bonds is 2. The third-order valence-corrected chi connectivity index (χ3v) is 4.22. The lowest BCUT2D eigenvalue weighted by molar-refractivity contribution is 0.466. The minimum Gasteiger partial charge on any atom is -0.504 e. The van der Waals surface area contributed by atoms with Crippen LogP contribution in [0.1, 0.15) is 0 Å². The summed E-state index contributed by atoms with van der Waals surface area (Å²) in [5, 5.41) is 10.5. The summed E-state index contributed by atoms with van der Waals surface area (Å²) in [6, 6.07) is 0. The molecule has 0 atom stereocenters. The topological polar surface area (TPSA) is 92.4 Å². The second-order valence-electron chi connectivity index (χ2n) is 2.03. The molecule has 0 saturated carbocycles. The number of aromatic hydroxyl groups is 1. The van der Waals surface area contributed by atoms with E-state index in [1.807, 2.05) is 0 Å². The first-order chi connectivity index (χ1) is 5.49. The van der Waals surface area contributed by atoms with Gasteiger partial charge in [0.1, 0.15) is 0 Å². The lowest BCUT2D eigenvalue weighted by atomic mass is 10.5. The Morgan fingerprint density at radius 3 is 2.58 bits per heavy atom. The summed E-state index contributed by atoms with van der Waals surface area (Å²) in [7, 11) is -2.30. The highest BCUT2D eigenvalue weighted by Gasteiger charge is 2.20. The van der Waals surface area contributed by atoms with Crippen molar-refractivity contribution in [2.75, 3.05) is 12.8 Å². The maximum Gasteiger partial charge on any atom is 0.253 e. The normalized spacial score (nSPS) is 11.8. The van der Waals surface area contributed by atoms with Crippen LogP contribution in [0.15, 0.2) is 9.59 Å². The second-order valence-corrected chi connectivity index (χ2v) is 5.00. The van der Waals surface area contributed by atoms with Gasteiger partial charge in [0, 0.05) is 5.38 Å². The Morgan fingerprint density at radius 1 is 1.67 bits per heavy atom. The van der Waals surface area contributed by atoms with Crippen molar-refractivity contribution in [1.29, 1.82) is 0 Å². The molecule has 68 valence electrons. The van der Waals surface area contributed by atoms with Gasteiger partial charge in [-0.1, -0.05) is 0 Å². The summed E-state index contributed by atoms with van der Waals surface area (Å²) in [5.74, 6) is -0.380. The minimum atomic E-state index is -3.57. The van der Waals surface area contributed by atoms with Gasteiger partial charge in [-0.2, -0.15) is 0 Å². The standard InChI is InChI=1S/C5H8N2O3S2/c1-7-12(9,10)5-4(8)3(6)2-11-5/h2,7-8H,6H2,1H3. The van der Waals surface area contributed by atoms with Gasteiger partial charge in [-0.15, -0.1) is 11.3 Å². The summed E-state index contributed by atoms with van der Waals surface area (Å²) in [4.78, 5) is 0. The summed E-state index contributed by atoms with van der Waals surface area (Å²) in [5.41, 5.74) is 5.34. The third-order valence-electron chi connectivity index (χ3n) is 1.27. The van der Waals surface area contributed by atoms with Gasteiger partial charge in [0.25, 0.3) is 10.0 Å². The zero-order valence-electron chi connectivity index (χ0n) is 6.23. The summed E-state index contributed by atoms with van der Waals surface area (Å²) in [6.45, 7) is 0. The van der Waals surface area contributed by atoms with Gasteiger partial charge in [-0.05, 0) is 7.05 Å². The van der Waals surface area contributed by atoms with Crippen molar-refractivity contribution in [2.45, 2.75) is 4.21 Å². The van der Waals surface area contributed by atoms with Gasteiger partial charge in [0.15, 0.2) is 9.96 Å². The van der Waals surface area contributed by atoms with Gasteiger partial charge in [-0.3, -0.25) is 0 Å². The van der Waals surface area contributed by atoms with Gasteiger partial charge < -0.3 is 10.8 Å². The molecule has 5 nitrogen and oxygen atoms in total. The van der Waals surface area contributed by atoms with Crippen molar-refractivity contribution in [3.05, 3.63) is 5.38 Å². The first-order valence-electron chi connectivity index (χ1n) is 2.98. The molecule has 0 aliphatic carbocycles. The Balaban J connectivity index is 3.30. The van der Waals surface area contributed by atoms with E-state index in [-0.39, 0.29) is 15.6 Å². The molecule has 0 bridgehead atoms. The van der Waals surface area contributed by atoms with Crippen LogP contribution in [0.5, 0.6) is 5.75 Å². The molecular formula is C5H8N2O3S2. The van der Waals surface area contributed by atoms with E-state index in [2.05, 4.69) is 4.72 Å². The Kier molecular flexibility index (Phi) is 2.27. The monoisotopic (exact) mass is 208 g/mol. The Hall–Kier alpha value is -0.790. The highest BCUT2D eigenvalue weighted by atomic mass is 32.2. The van der Waals surface area contributed by atoms with E-state index in [1.165, 1.54) is 12.4 Å². The predicted molar refractivity (Wildman–Crippen MR) is 46.6 cm³/mol. The van der Waals surface area contributed by atoms with Crippen LogP contribution in [0, 0.1) is 0 Å². The molecule has 0 spiro atoms. The molecule has 0 aliphatic rings. The molecule has 0 aromatic carbocycles. The van der Waals surface area contributed by atoms with Gasteiger partial charge in [0.05, 0.1) is 5.69 Å². The van der Waals surface area contributed by atoms with Crippen molar-refractivity contribution in [2.24, 2.45) is 0 Å². The summed E-state index contributed by atoms with van der Waals surface area (Å²) < 4.78 is 24.2. The maximum atomic E-state index is 11.1. The first kappa shape index (κ1) is 9.30. The van der Waals surface area contributed by atoms with Gasteiger partial charge in [-0.25, -0.2) is 13.1 Å². The molecular weight excluding hydrogens is 200 g/mol. The fraction of sp³-hybridized carbons (Fsp3) is 0.200. The van der Waals surface area contributed by atoms with E-state index in [4.69, 9.17) is 5.73 Å². The minimum absolute atomic E-state index is 0.0776. The quantitative estimate of drug-likeness (QED) is 0.635. The summed E-state index contributed by atoms with van der Waals surface area (Å²) >= 11 is 0.882. The van der Waals surface area contributed by atoms with Crippen LogP contribution in [-0.4, -0.2) is 20.6 Å². The van der Waals surface area contributed by atoms with E-state index in [0.717, 1.165) is 11.3 Å². The van der Waals surface area contributed by atoms with Crippen LogP contribution in [0.4, 0.5) is 5.69 Å². The van der Waals surface area contributed by atoms with Crippen molar-refractivity contribution < 1.29 is 13.5 Å². The van der Waals surface area contributed by atoms with Crippen molar-refractivity contribution >= 4 is 27.0 Å². The molecule has 4 N–H and O–H groups in total. The van der Waals surface area contributed by atoms with Crippen LogP contribution in [0.25, 0.3) is 0 Å². The number of hydrogen-bond donors (Lipinski definition) is 3. The highest BCUT2D eigenvalue weighted by Crippen LogP contribution is 2.34. The molecule has 0 saturated heterocycles. The molecule has 0 aliphatic heterocycles. The number of hydrogen-bond acceptors (Lipinski definition) is 5. The molecule has 1 heterocycles. The number of thiophene rings is 1. The van der Waals surface area contributed by atoms with Crippen LogP contribution in [0.2, 0.25) is 0 Å². The molecule has 1 aromatic heterocycles. The predicted octanol–water partition coefficient (Wildman–Crippen LogP) is -0.0560. The summed E-state index contributed by atoms with van der Waals surface area (Å²) in [6.07, 6.45) is 0. The molecule has 0 amide bonds. The van der Waals surface area contributed by atoms with Gasteiger partial charge in [0.2, 0.25) is 0 Å². The van der Waals surface area contributed by atoms with Crippen LogP contribution in [0.3, 0.4) is 0 Å². The number of nitrogens with one attached hydrogen (secondary N) is 1.